The molecule has 134 valence electrons. The molecule has 0 saturated heterocycles. The number of nitrogens with one attached hydrogen (secondary N) is 1. The maximum atomic E-state index is 12.1. The van der Waals surface area contributed by atoms with Gasteiger partial charge in [0.15, 0.2) is 28.2 Å². The molecule has 0 saturated carbocycles. The number of fused-ring (bicyclic) bond motifs is 1. The summed E-state index contributed by atoms with van der Waals surface area (Å²) < 4.78 is 17.7. The van der Waals surface area contributed by atoms with Crippen molar-refractivity contribution < 1.29 is 18.7 Å². The van der Waals surface area contributed by atoms with Crippen LogP contribution in [-0.4, -0.2) is 33.2 Å². The van der Waals surface area contributed by atoms with Gasteiger partial charge in [0.05, 0.1) is 12.0 Å². The largest absolute Gasteiger partial charge is 0.461 e. The van der Waals surface area contributed by atoms with E-state index in [2.05, 4.69) is 15.5 Å². The topological polar surface area (TPSA) is 91.4 Å². The number of ether oxygens (including phenoxy) is 2. The van der Waals surface area contributed by atoms with Crippen LogP contribution in [0, 0.1) is 0 Å². The molecule has 0 atom stereocenters. The highest BCUT2D eigenvalue weighted by Crippen LogP contribution is 2.32. The van der Waals surface area contributed by atoms with Gasteiger partial charge in [0.1, 0.15) is 0 Å². The van der Waals surface area contributed by atoms with Crippen molar-refractivity contribution in [3.8, 4) is 23.1 Å². The molecule has 1 aliphatic heterocycles. The average Bonchev–Trinajstić information content (AvgIpc) is 3.38. The summed E-state index contributed by atoms with van der Waals surface area (Å²) in [6, 6.07) is 9.22. The maximum absolute atomic E-state index is 12.1. The summed E-state index contributed by atoms with van der Waals surface area (Å²) in [5.74, 6) is 2.85. The number of hydrogen-bond donors (Lipinski definition) is 1. The molecular formula is C17H16N4O4S. The Kier molecular flexibility index (Phi) is 4.53. The monoisotopic (exact) mass is 372 g/mol. The zero-order chi connectivity index (χ0) is 17.9. The van der Waals surface area contributed by atoms with Crippen LogP contribution in [0.3, 0.4) is 0 Å². The molecule has 1 aliphatic rings. The summed E-state index contributed by atoms with van der Waals surface area (Å²) in [7, 11) is 1.84. The maximum Gasteiger partial charge on any atom is 0.231 e. The van der Waals surface area contributed by atoms with Gasteiger partial charge in [-0.05, 0) is 29.8 Å². The Hall–Kier alpha value is -2.94. The summed E-state index contributed by atoms with van der Waals surface area (Å²) in [5, 5.41) is 11.7. The number of thioether (sulfide) groups is 1. The first-order valence-corrected chi connectivity index (χ1v) is 8.90. The number of nitrogens with zero attached hydrogens (tertiary/aromatic N) is 3. The summed E-state index contributed by atoms with van der Waals surface area (Å²) in [6.45, 7) is 0.659. The Balaban J connectivity index is 1.30. The molecule has 0 unspecified atom stereocenters. The molecule has 0 bridgehead atoms. The number of carbonyl (C=O) groups excluding carboxylic acids is 1. The minimum atomic E-state index is -0.0878. The number of furan rings is 1. The van der Waals surface area contributed by atoms with Gasteiger partial charge < -0.3 is 23.8 Å². The Morgan fingerprint density at radius 3 is 3.00 bits per heavy atom. The zero-order valence-corrected chi connectivity index (χ0v) is 14.8. The lowest BCUT2D eigenvalue weighted by molar-refractivity contribution is -0.118. The number of hydrogen-bond acceptors (Lipinski definition) is 7. The normalized spacial score (nSPS) is 12.3. The molecule has 4 rings (SSSR count). The summed E-state index contributed by atoms with van der Waals surface area (Å²) in [6.07, 6.45) is 1.58. The molecular weight excluding hydrogens is 356 g/mol. The van der Waals surface area contributed by atoms with Crippen molar-refractivity contribution >= 4 is 17.7 Å². The highest BCUT2D eigenvalue weighted by molar-refractivity contribution is 7.99. The van der Waals surface area contributed by atoms with Crippen LogP contribution in [0.1, 0.15) is 5.56 Å². The molecule has 0 spiro atoms. The van der Waals surface area contributed by atoms with Gasteiger partial charge in [0.25, 0.3) is 0 Å². The molecule has 3 aromatic rings. The Labute approximate surface area is 153 Å². The van der Waals surface area contributed by atoms with E-state index >= 15 is 0 Å². The quantitative estimate of drug-likeness (QED) is 0.663. The first-order valence-electron chi connectivity index (χ1n) is 7.92. The van der Waals surface area contributed by atoms with Crippen molar-refractivity contribution in [3.63, 3.8) is 0 Å². The lowest BCUT2D eigenvalue weighted by Crippen LogP contribution is -2.24. The SMILES string of the molecule is Cn1c(SCC(=O)NCc2ccc3c(c2)OCO3)nnc1-c1ccco1. The number of amides is 1. The van der Waals surface area contributed by atoms with E-state index in [1.807, 2.05) is 31.3 Å². The van der Waals surface area contributed by atoms with Gasteiger partial charge in [-0.2, -0.15) is 0 Å². The molecule has 2 aromatic heterocycles. The molecule has 1 aromatic carbocycles. The van der Waals surface area contributed by atoms with E-state index < -0.39 is 0 Å². The van der Waals surface area contributed by atoms with Gasteiger partial charge in [-0.3, -0.25) is 4.79 Å². The van der Waals surface area contributed by atoms with E-state index in [4.69, 9.17) is 13.9 Å². The number of carbonyl (C=O) groups is 1. The third-order valence-electron chi connectivity index (χ3n) is 3.84. The molecule has 0 aliphatic carbocycles. The number of rotatable bonds is 6. The van der Waals surface area contributed by atoms with Gasteiger partial charge in [-0.15, -0.1) is 10.2 Å². The lowest BCUT2D eigenvalue weighted by atomic mass is 10.2. The highest BCUT2D eigenvalue weighted by atomic mass is 32.2. The van der Waals surface area contributed by atoms with Crippen LogP contribution >= 0.6 is 11.8 Å². The smallest absolute Gasteiger partial charge is 0.231 e. The van der Waals surface area contributed by atoms with Gasteiger partial charge in [-0.1, -0.05) is 17.8 Å². The van der Waals surface area contributed by atoms with E-state index in [0.29, 0.717) is 29.0 Å². The van der Waals surface area contributed by atoms with E-state index in [9.17, 15) is 4.79 Å². The van der Waals surface area contributed by atoms with Crippen LogP contribution in [0.5, 0.6) is 11.5 Å². The standard InChI is InChI=1S/C17H16N4O4S/c1-21-16(13-3-2-6-23-13)19-20-17(21)26-9-15(22)18-8-11-4-5-12-14(7-11)25-10-24-12/h2-7H,8-10H2,1H3,(H,18,22). The molecule has 1 N–H and O–H groups in total. The van der Waals surface area contributed by atoms with E-state index in [0.717, 1.165) is 11.3 Å². The van der Waals surface area contributed by atoms with E-state index in [1.54, 1.807) is 16.9 Å². The zero-order valence-electron chi connectivity index (χ0n) is 14.0. The fourth-order valence-electron chi connectivity index (χ4n) is 2.49. The van der Waals surface area contributed by atoms with Gasteiger partial charge in [0, 0.05) is 13.6 Å². The summed E-state index contributed by atoms with van der Waals surface area (Å²) >= 11 is 1.32. The Bertz CT molecular complexity index is 923. The van der Waals surface area contributed by atoms with Crippen molar-refractivity contribution in [1.82, 2.24) is 20.1 Å². The highest BCUT2D eigenvalue weighted by Gasteiger charge is 2.15. The van der Waals surface area contributed by atoms with Gasteiger partial charge in [0.2, 0.25) is 12.7 Å². The second kappa shape index (κ2) is 7.12. The molecule has 9 heteroatoms. The van der Waals surface area contributed by atoms with Crippen molar-refractivity contribution in [3.05, 3.63) is 42.2 Å². The van der Waals surface area contributed by atoms with Crippen molar-refractivity contribution in [1.29, 1.82) is 0 Å². The molecule has 0 fully saturated rings. The first-order chi connectivity index (χ1) is 12.7. The van der Waals surface area contributed by atoms with E-state index in [-0.39, 0.29) is 18.5 Å². The van der Waals surface area contributed by atoms with Crippen LogP contribution in [0.4, 0.5) is 0 Å². The second-order valence-electron chi connectivity index (χ2n) is 5.60. The van der Waals surface area contributed by atoms with Crippen LogP contribution in [-0.2, 0) is 18.4 Å². The molecule has 1 amide bonds. The second-order valence-corrected chi connectivity index (χ2v) is 6.54. The third kappa shape index (κ3) is 3.38. The number of aromatic nitrogens is 3. The predicted molar refractivity (Wildman–Crippen MR) is 93.8 cm³/mol. The minimum Gasteiger partial charge on any atom is -0.461 e. The van der Waals surface area contributed by atoms with Gasteiger partial charge in [-0.25, -0.2) is 0 Å². The lowest BCUT2D eigenvalue weighted by Gasteiger charge is -2.06. The fourth-order valence-corrected chi connectivity index (χ4v) is 3.23. The number of benzene rings is 1. The average molecular weight is 372 g/mol. The molecule has 26 heavy (non-hydrogen) atoms. The summed E-state index contributed by atoms with van der Waals surface area (Å²) in [4.78, 5) is 12.1. The van der Waals surface area contributed by atoms with Crippen LogP contribution in [0.2, 0.25) is 0 Å². The first kappa shape index (κ1) is 16.5. The van der Waals surface area contributed by atoms with E-state index in [1.165, 1.54) is 11.8 Å². The minimum absolute atomic E-state index is 0.0878. The van der Waals surface area contributed by atoms with Crippen LogP contribution in [0.25, 0.3) is 11.6 Å². The Morgan fingerprint density at radius 2 is 2.15 bits per heavy atom. The van der Waals surface area contributed by atoms with Crippen LogP contribution in [0.15, 0.2) is 46.2 Å². The molecule has 3 heterocycles. The van der Waals surface area contributed by atoms with Crippen LogP contribution < -0.4 is 14.8 Å². The van der Waals surface area contributed by atoms with Gasteiger partial charge >= 0.3 is 0 Å². The Morgan fingerprint density at radius 1 is 1.27 bits per heavy atom. The predicted octanol–water partition coefficient (Wildman–Crippen LogP) is 2.21. The van der Waals surface area contributed by atoms with Crippen molar-refractivity contribution in [2.45, 2.75) is 11.7 Å². The van der Waals surface area contributed by atoms with Crippen molar-refractivity contribution in [2.75, 3.05) is 12.5 Å². The third-order valence-corrected chi connectivity index (χ3v) is 4.86. The summed E-state index contributed by atoms with van der Waals surface area (Å²) in [5.41, 5.74) is 0.950. The molecule has 0 radical (unpaired) electrons. The van der Waals surface area contributed by atoms with Crippen molar-refractivity contribution in [2.24, 2.45) is 7.05 Å². The molecule has 8 nitrogen and oxygen atoms in total. The fraction of sp³-hybridized carbons (Fsp3) is 0.235.